The molecule has 114 valence electrons. The van der Waals surface area contributed by atoms with Crippen LogP contribution in [0.4, 0.5) is 11.4 Å². The Labute approximate surface area is 133 Å². The lowest BCUT2D eigenvalue weighted by Crippen LogP contribution is -2.13. The van der Waals surface area contributed by atoms with Crippen molar-refractivity contribution in [2.45, 2.75) is 0 Å². The maximum atomic E-state index is 12.1. The minimum atomic E-state index is -0.290. The summed E-state index contributed by atoms with van der Waals surface area (Å²) in [4.78, 5) is 16.0. The van der Waals surface area contributed by atoms with Gasteiger partial charge < -0.3 is 15.8 Å². The molecule has 1 heterocycles. The fourth-order valence-corrected chi connectivity index (χ4v) is 1.97. The summed E-state index contributed by atoms with van der Waals surface area (Å²) < 4.78 is 5.70. The number of nitrogens with two attached hydrogens (primary N) is 1. The second kappa shape index (κ2) is 6.62. The monoisotopic (exact) mass is 305 g/mol. The molecule has 0 bridgehead atoms. The molecule has 23 heavy (non-hydrogen) atoms. The molecule has 0 fully saturated rings. The lowest BCUT2D eigenvalue weighted by atomic mass is 10.2. The predicted molar refractivity (Wildman–Crippen MR) is 89.6 cm³/mol. The first-order chi connectivity index (χ1) is 11.2. The van der Waals surface area contributed by atoms with Crippen molar-refractivity contribution >= 4 is 17.3 Å². The number of nitrogens with zero attached hydrogens (tertiary/aromatic N) is 1. The van der Waals surface area contributed by atoms with Gasteiger partial charge in [-0.1, -0.05) is 18.2 Å². The van der Waals surface area contributed by atoms with Crippen molar-refractivity contribution in [1.29, 1.82) is 0 Å². The average molecular weight is 305 g/mol. The molecule has 0 radical (unpaired) electrons. The number of carbonyl (C=O) groups excluding carboxylic acids is 1. The van der Waals surface area contributed by atoms with E-state index in [4.69, 9.17) is 10.5 Å². The molecule has 5 nitrogen and oxygen atoms in total. The first-order valence-electron chi connectivity index (χ1n) is 7.06. The molecule has 0 spiro atoms. The molecule has 5 heteroatoms. The fourth-order valence-electron chi connectivity index (χ4n) is 1.97. The number of ether oxygens (including phenoxy) is 1. The Morgan fingerprint density at radius 3 is 2.26 bits per heavy atom. The highest BCUT2D eigenvalue weighted by Gasteiger charge is 2.07. The zero-order valence-corrected chi connectivity index (χ0v) is 12.3. The summed E-state index contributed by atoms with van der Waals surface area (Å²) in [7, 11) is 0. The van der Waals surface area contributed by atoms with Crippen LogP contribution in [0.25, 0.3) is 0 Å². The van der Waals surface area contributed by atoms with Crippen LogP contribution in [0.2, 0.25) is 0 Å². The molecule has 3 rings (SSSR count). The van der Waals surface area contributed by atoms with Crippen LogP contribution in [0.5, 0.6) is 11.5 Å². The van der Waals surface area contributed by atoms with Crippen molar-refractivity contribution in [2.75, 3.05) is 11.1 Å². The highest BCUT2D eigenvalue weighted by atomic mass is 16.5. The molecule has 3 aromatic rings. The summed E-state index contributed by atoms with van der Waals surface area (Å²) >= 11 is 0. The van der Waals surface area contributed by atoms with E-state index in [0.717, 1.165) is 5.75 Å². The smallest absolute Gasteiger partial charge is 0.274 e. The first-order valence-corrected chi connectivity index (χ1v) is 7.06. The second-order valence-electron chi connectivity index (χ2n) is 4.87. The third-order valence-electron chi connectivity index (χ3n) is 3.11. The first kappa shape index (κ1) is 14.6. The Morgan fingerprint density at radius 2 is 1.61 bits per heavy atom. The molecule has 1 amide bonds. The summed E-state index contributed by atoms with van der Waals surface area (Å²) in [5.41, 5.74) is 7.04. The van der Waals surface area contributed by atoms with Gasteiger partial charge in [-0.15, -0.1) is 0 Å². The van der Waals surface area contributed by atoms with Crippen LogP contribution in [-0.4, -0.2) is 10.9 Å². The molecule has 0 aliphatic rings. The van der Waals surface area contributed by atoms with Crippen molar-refractivity contribution in [3.05, 3.63) is 78.6 Å². The van der Waals surface area contributed by atoms with E-state index >= 15 is 0 Å². The van der Waals surface area contributed by atoms with Gasteiger partial charge in [0.15, 0.2) is 0 Å². The number of nitrogens with one attached hydrogen (secondary N) is 1. The van der Waals surface area contributed by atoms with E-state index in [1.54, 1.807) is 36.4 Å². The molecule has 0 aliphatic carbocycles. The molecular formula is C18H15N3O2. The number of hydrogen-bond acceptors (Lipinski definition) is 4. The highest BCUT2D eigenvalue weighted by molar-refractivity contribution is 6.02. The number of aromatic nitrogens is 1. The van der Waals surface area contributed by atoms with Crippen LogP contribution < -0.4 is 15.8 Å². The minimum absolute atomic E-state index is 0.290. The van der Waals surface area contributed by atoms with Crippen molar-refractivity contribution in [3.63, 3.8) is 0 Å². The zero-order chi connectivity index (χ0) is 16.1. The van der Waals surface area contributed by atoms with Gasteiger partial charge in [0, 0.05) is 5.69 Å². The largest absolute Gasteiger partial charge is 0.457 e. The lowest BCUT2D eigenvalue weighted by Gasteiger charge is -2.08. The Kier molecular flexibility index (Phi) is 4.20. The number of nitrogen functional groups attached to an aromatic ring is 1. The standard InChI is InChI=1S/C18H15N3O2/c19-13-6-11-17(20-12-13)18(22)21-14-7-9-16(10-8-14)23-15-4-2-1-3-5-15/h1-12H,19H2,(H,21,22). The number of rotatable bonds is 4. The van der Waals surface area contributed by atoms with Crippen molar-refractivity contribution in [2.24, 2.45) is 0 Å². The lowest BCUT2D eigenvalue weighted by molar-refractivity contribution is 0.102. The van der Waals surface area contributed by atoms with E-state index in [-0.39, 0.29) is 5.91 Å². The quantitative estimate of drug-likeness (QED) is 0.770. The van der Waals surface area contributed by atoms with Gasteiger partial charge in [-0.25, -0.2) is 4.98 Å². The van der Waals surface area contributed by atoms with Crippen LogP contribution in [-0.2, 0) is 0 Å². The summed E-state index contributed by atoms with van der Waals surface area (Å²) in [6.45, 7) is 0. The van der Waals surface area contributed by atoms with E-state index in [1.165, 1.54) is 6.20 Å². The van der Waals surface area contributed by atoms with E-state index in [9.17, 15) is 4.79 Å². The number of amides is 1. The fraction of sp³-hybridized carbons (Fsp3) is 0. The van der Waals surface area contributed by atoms with Gasteiger partial charge in [0.05, 0.1) is 11.9 Å². The number of anilines is 2. The predicted octanol–water partition coefficient (Wildman–Crippen LogP) is 3.71. The second-order valence-corrected chi connectivity index (χ2v) is 4.87. The Morgan fingerprint density at radius 1 is 0.913 bits per heavy atom. The molecule has 0 atom stereocenters. The van der Waals surface area contributed by atoms with Crippen molar-refractivity contribution in [1.82, 2.24) is 4.98 Å². The minimum Gasteiger partial charge on any atom is -0.457 e. The van der Waals surface area contributed by atoms with E-state index in [0.29, 0.717) is 22.8 Å². The van der Waals surface area contributed by atoms with Gasteiger partial charge in [-0.3, -0.25) is 4.79 Å². The van der Waals surface area contributed by atoms with Crippen LogP contribution in [0, 0.1) is 0 Å². The number of benzene rings is 2. The number of hydrogen-bond donors (Lipinski definition) is 2. The van der Waals surface area contributed by atoms with Crippen molar-refractivity contribution in [3.8, 4) is 11.5 Å². The topological polar surface area (TPSA) is 77.2 Å². The molecule has 2 aromatic carbocycles. The van der Waals surface area contributed by atoms with Crippen LogP contribution in [0.1, 0.15) is 10.5 Å². The molecule has 0 saturated heterocycles. The number of carbonyl (C=O) groups is 1. The molecule has 0 unspecified atom stereocenters. The summed E-state index contributed by atoms with van der Waals surface area (Å²) in [6, 6.07) is 19.8. The van der Waals surface area contributed by atoms with E-state index in [2.05, 4.69) is 10.3 Å². The molecule has 0 saturated carbocycles. The molecule has 0 aliphatic heterocycles. The van der Waals surface area contributed by atoms with Crippen LogP contribution in [0.3, 0.4) is 0 Å². The van der Waals surface area contributed by atoms with Gasteiger partial charge in [0.25, 0.3) is 5.91 Å². The molecule has 1 aromatic heterocycles. The van der Waals surface area contributed by atoms with Gasteiger partial charge in [0.2, 0.25) is 0 Å². The Bertz CT molecular complexity index is 785. The van der Waals surface area contributed by atoms with Crippen LogP contribution >= 0.6 is 0 Å². The normalized spacial score (nSPS) is 10.1. The summed E-state index contributed by atoms with van der Waals surface area (Å²) in [5.74, 6) is 1.16. The average Bonchev–Trinajstić information content (AvgIpc) is 2.58. The summed E-state index contributed by atoms with van der Waals surface area (Å²) in [5, 5.41) is 2.77. The zero-order valence-electron chi connectivity index (χ0n) is 12.3. The Hall–Kier alpha value is -3.34. The maximum absolute atomic E-state index is 12.1. The highest BCUT2D eigenvalue weighted by Crippen LogP contribution is 2.22. The maximum Gasteiger partial charge on any atom is 0.274 e. The molecular weight excluding hydrogens is 290 g/mol. The molecule has 3 N–H and O–H groups in total. The van der Waals surface area contributed by atoms with Crippen molar-refractivity contribution < 1.29 is 9.53 Å². The third-order valence-corrected chi connectivity index (χ3v) is 3.11. The van der Waals surface area contributed by atoms with Gasteiger partial charge in [0.1, 0.15) is 17.2 Å². The van der Waals surface area contributed by atoms with Gasteiger partial charge >= 0.3 is 0 Å². The Balaban J connectivity index is 1.65. The summed E-state index contributed by atoms with van der Waals surface area (Å²) in [6.07, 6.45) is 1.45. The van der Waals surface area contributed by atoms with Gasteiger partial charge in [-0.05, 0) is 48.5 Å². The number of para-hydroxylation sites is 1. The van der Waals surface area contributed by atoms with Gasteiger partial charge in [-0.2, -0.15) is 0 Å². The SMILES string of the molecule is Nc1ccc(C(=O)Nc2ccc(Oc3ccccc3)cc2)nc1. The number of pyridine rings is 1. The third kappa shape index (κ3) is 3.85. The van der Waals surface area contributed by atoms with Crippen LogP contribution in [0.15, 0.2) is 72.9 Å². The van der Waals surface area contributed by atoms with E-state index < -0.39 is 0 Å². The van der Waals surface area contributed by atoms with E-state index in [1.807, 2.05) is 30.3 Å².